The Bertz CT molecular complexity index is 1230. The maximum atomic E-state index is 13.2. The van der Waals surface area contributed by atoms with Crippen molar-refractivity contribution in [2.24, 2.45) is 0 Å². The fourth-order valence-corrected chi connectivity index (χ4v) is 3.35. The molecule has 0 saturated heterocycles. The molecule has 31 heavy (non-hydrogen) atoms. The van der Waals surface area contributed by atoms with Crippen LogP contribution in [-0.2, 0) is 5.41 Å². The van der Waals surface area contributed by atoms with Crippen LogP contribution in [0.2, 0.25) is 0 Å². The molecule has 0 saturated carbocycles. The minimum absolute atomic E-state index is 0.175. The maximum absolute atomic E-state index is 13.2. The molecule has 0 spiro atoms. The van der Waals surface area contributed by atoms with E-state index < -0.39 is 0 Å². The van der Waals surface area contributed by atoms with Gasteiger partial charge >= 0.3 is 0 Å². The highest BCUT2D eigenvalue weighted by Gasteiger charge is 2.23. The van der Waals surface area contributed by atoms with Crippen LogP contribution >= 0.6 is 0 Å². The summed E-state index contributed by atoms with van der Waals surface area (Å²) < 4.78 is 3.46. The molecule has 158 valence electrons. The molecule has 0 unspecified atom stereocenters. The van der Waals surface area contributed by atoms with Gasteiger partial charge < -0.3 is 5.32 Å². The van der Waals surface area contributed by atoms with E-state index in [1.165, 1.54) is 0 Å². The second-order valence-corrected chi connectivity index (χ2v) is 8.56. The molecule has 0 aliphatic rings. The zero-order chi connectivity index (χ0) is 22.2. The van der Waals surface area contributed by atoms with Crippen molar-refractivity contribution < 1.29 is 4.79 Å². The Morgan fingerprint density at radius 1 is 1.00 bits per heavy atom. The van der Waals surface area contributed by atoms with E-state index in [4.69, 9.17) is 5.10 Å². The van der Waals surface area contributed by atoms with Crippen LogP contribution in [0.4, 0.5) is 5.82 Å². The van der Waals surface area contributed by atoms with Crippen molar-refractivity contribution in [2.45, 2.75) is 40.0 Å². The molecule has 3 aromatic heterocycles. The molecule has 1 amide bonds. The molecular weight excluding hydrogens is 388 g/mol. The van der Waals surface area contributed by atoms with Crippen molar-refractivity contribution >= 4 is 11.7 Å². The number of carbonyl (C=O) groups is 1. The first-order valence-corrected chi connectivity index (χ1v) is 10.2. The van der Waals surface area contributed by atoms with Gasteiger partial charge in [-0.1, -0.05) is 45.0 Å². The molecule has 4 rings (SSSR count). The lowest BCUT2D eigenvalue weighted by molar-refractivity contribution is 0.102. The average molecular weight is 415 g/mol. The summed E-state index contributed by atoms with van der Waals surface area (Å²) in [5, 5.41) is 12.2. The minimum atomic E-state index is -0.241. The van der Waals surface area contributed by atoms with Crippen LogP contribution in [0, 0.1) is 13.8 Å². The highest BCUT2D eigenvalue weighted by molar-refractivity contribution is 6.04. The summed E-state index contributed by atoms with van der Waals surface area (Å²) in [4.78, 5) is 17.6. The average Bonchev–Trinajstić information content (AvgIpc) is 3.33. The number of aryl methyl sites for hydroxylation is 1. The third-order valence-electron chi connectivity index (χ3n) is 5.18. The van der Waals surface area contributed by atoms with E-state index in [1.807, 2.05) is 62.4 Å². The number of aromatic nitrogens is 5. The monoisotopic (exact) mass is 414 g/mol. The molecular formula is C24H26N6O. The molecule has 0 bridgehead atoms. The number of pyridine rings is 1. The van der Waals surface area contributed by atoms with E-state index in [0.717, 1.165) is 22.6 Å². The first kappa shape index (κ1) is 20.5. The van der Waals surface area contributed by atoms with Crippen LogP contribution in [0.5, 0.6) is 0 Å². The van der Waals surface area contributed by atoms with E-state index in [0.29, 0.717) is 17.2 Å². The Labute approximate surface area is 181 Å². The van der Waals surface area contributed by atoms with Gasteiger partial charge in [0.05, 0.1) is 28.8 Å². The zero-order valence-electron chi connectivity index (χ0n) is 18.4. The van der Waals surface area contributed by atoms with Crippen molar-refractivity contribution in [3.8, 4) is 11.5 Å². The van der Waals surface area contributed by atoms with Gasteiger partial charge in [-0.15, -0.1) is 0 Å². The van der Waals surface area contributed by atoms with Crippen molar-refractivity contribution in [1.29, 1.82) is 0 Å². The van der Waals surface area contributed by atoms with Crippen molar-refractivity contribution in [3.63, 3.8) is 0 Å². The number of anilines is 1. The SMILES string of the molecule is Cc1ccccc1-n1ncc(C(=O)Nc2cc(C(C)(C)C)nn2-c2ccccn2)c1C. The summed E-state index contributed by atoms with van der Waals surface area (Å²) in [5.74, 6) is 0.965. The summed E-state index contributed by atoms with van der Waals surface area (Å²) in [6, 6.07) is 15.4. The summed E-state index contributed by atoms with van der Waals surface area (Å²) in [7, 11) is 0. The van der Waals surface area contributed by atoms with Gasteiger partial charge in [0.2, 0.25) is 0 Å². The van der Waals surface area contributed by atoms with Crippen LogP contribution in [0.1, 0.15) is 48.1 Å². The van der Waals surface area contributed by atoms with E-state index >= 15 is 0 Å². The van der Waals surface area contributed by atoms with Gasteiger partial charge in [-0.05, 0) is 37.6 Å². The zero-order valence-corrected chi connectivity index (χ0v) is 18.4. The van der Waals surface area contributed by atoms with Gasteiger partial charge in [0.15, 0.2) is 5.82 Å². The van der Waals surface area contributed by atoms with Crippen LogP contribution < -0.4 is 5.32 Å². The maximum Gasteiger partial charge on any atom is 0.260 e. The molecule has 0 radical (unpaired) electrons. The minimum Gasteiger partial charge on any atom is -0.306 e. The van der Waals surface area contributed by atoms with Crippen molar-refractivity contribution in [2.75, 3.05) is 5.32 Å². The van der Waals surface area contributed by atoms with Crippen molar-refractivity contribution in [1.82, 2.24) is 24.5 Å². The lowest BCUT2D eigenvalue weighted by atomic mass is 9.92. The molecule has 7 heteroatoms. The molecule has 1 aromatic carbocycles. The number of amides is 1. The first-order chi connectivity index (χ1) is 14.8. The fraction of sp³-hybridized carbons (Fsp3) is 0.250. The van der Waals surface area contributed by atoms with E-state index in [1.54, 1.807) is 21.8 Å². The first-order valence-electron chi connectivity index (χ1n) is 10.2. The quantitative estimate of drug-likeness (QED) is 0.529. The smallest absolute Gasteiger partial charge is 0.260 e. The summed E-state index contributed by atoms with van der Waals surface area (Å²) >= 11 is 0. The van der Waals surface area contributed by atoms with Gasteiger partial charge in [0, 0.05) is 17.7 Å². The number of nitrogens with one attached hydrogen (secondary N) is 1. The molecule has 1 N–H and O–H groups in total. The van der Waals surface area contributed by atoms with E-state index in [9.17, 15) is 4.79 Å². The van der Waals surface area contributed by atoms with Crippen molar-refractivity contribution in [3.05, 3.63) is 83.4 Å². The number of benzene rings is 1. The Hall–Kier alpha value is -3.74. The van der Waals surface area contributed by atoms with Gasteiger partial charge in [0.1, 0.15) is 5.82 Å². The molecule has 4 aromatic rings. The topological polar surface area (TPSA) is 77.6 Å². The van der Waals surface area contributed by atoms with Gasteiger partial charge in [-0.2, -0.15) is 14.9 Å². The van der Waals surface area contributed by atoms with Crippen LogP contribution in [0.15, 0.2) is 60.9 Å². The van der Waals surface area contributed by atoms with Crippen LogP contribution in [0.3, 0.4) is 0 Å². The Morgan fingerprint density at radius 3 is 2.42 bits per heavy atom. The van der Waals surface area contributed by atoms with Crippen LogP contribution in [-0.4, -0.2) is 30.5 Å². The largest absolute Gasteiger partial charge is 0.306 e. The Balaban J connectivity index is 1.70. The third kappa shape index (κ3) is 3.99. The normalized spacial score (nSPS) is 11.5. The van der Waals surface area contributed by atoms with E-state index in [-0.39, 0.29) is 11.3 Å². The van der Waals surface area contributed by atoms with Gasteiger partial charge in [-0.25, -0.2) is 9.67 Å². The lowest BCUT2D eigenvalue weighted by Crippen LogP contribution is -2.16. The number of para-hydroxylation sites is 1. The third-order valence-corrected chi connectivity index (χ3v) is 5.18. The molecule has 0 aliphatic heterocycles. The number of hydrogen-bond donors (Lipinski definition) is 1. The number of carbonyl (C=O) groups excluding carboxylic acids is 1. The second kappa shape index (κ2) is 7.83. The van der Waals surface area contributed by atoms with E-state index in [2.05, 4.69) is 36.2 Å². The summed E-state index contributed by atoms with van der Waals surface area (Å²) in [5.41, 5.74) is 4.00. The van der Waals surface area contributed by atoms with Crippen LogP contribution in [0.25, 0.3) is 11.5 Å². The summed E-state index contributed by atoms with van der Waals surface area (Å²) in [6.07, 6.45) is 3.30. The standard InChI is InChI=1S/C24H26N6O/c1-16-10-6-7-11-19(16)29-17(2)18(15-26-29)23(31)27-22-14-20(24(3,4)5)28-30(22)21-12-8-9-13-25-21/h6-15H,1-5H3,(H,27,31). The number of rotatable bonds is 4. The van der Waals surface area contributed by atoms with Gasteiger partial charge in [0.25, 0.3) is 5.91 Å². The predicted molar refractivity (Wildman–Crippen MR) is 121 cm³/mol. The number of hydrogen-bond acceptors (Lipinski definition) is 4. The fourth-order valence-electron chi connectivity index (χ4n) is 3.35. The number of nitrogens with zero attached hydrogens (tertiary/aromatic N) is 5. The molecule has 3 heterocycles. The molecule has 0 atom stereocenters. The lowest BCUT2D eigenvalue weighted by Gasteiger charge is -2.13. The molecule has 0 aliphatic carbocycles. The Morgan fingerprint density at radius 2 is 1.74 bits per heavy atom. The summed E-state index contributed by atoms with van der Waals surface area (Å²) in [6.45, 7) is 10.2. The highest BCUT2D eigenvalue weighted by Crippen LogP contribution is 2.26. The molecule has 7 nitrogen and oxygen atoms in total. The molecule has 0 fully saturated rings. The Kier molecular flexibility index (Phi) is 5.19. The second-order valence-electron chi connectivity index (χ2n) is 8.56. The highest BCUT2D eigenvalue weighted by atomic mass is 16.1. The predicted octanol–water partition coefficient (Wildman–Crippen LogP) is 4.62. The van der Waals surface area contributed by atoms with Gasteiger partial charge in [-0.3, -0.25) is 4.79 Å².